The van der Waals surface area contributed by atoms with Crippen molar-refractivity contribution >= 4 is 23.2 Å². The second-order valence-corrected chi connectivity index (χ2v) is 6.81. The van der Waals surface area contributed by atoms with Crippen molar-refractivity contribution in [2.75, 3.05) is 18.1 Å². The molecule has 1 saturated heterocycles. The highest BCUT2D eigenvalue weighted by Gasteiger charge is 2.34. The molecule has 1 unspecified atom stereocenters. The van der Waals surface area contributed by atoms with E-state index < -0.39 is 0 Å². The largest absolute Gasteiger partial charge is 0.337 e. The Hall–Kier alpha value is -2.04. The SMILES string of the molecule is O=C1c2ccc(Cl)cc2N(C2CCCN2)CN1Cc1ccccc1. The summed E-state index contributed by atoms with van der Waals surface area (Å²) in [6.45, 7) is 2.22. The molecule has 24 heavy (non-hydrogen) atoms. The second-order valence-electron chi connectivity index (χ2n) is 6.37. The average Bonchev–Trinajstić information content (AvgIpc) is 3.12. The molecule has 0 bridgehead atoms. The molecule has 2 aliphatic heterocycles. The Kier molecular flexibility index (Phi) is 4.17. The molecule has 2 aliphatic rings. The van der Waals surface area contributed by atoms with Gasteiger partial charge in [-0.1, -0.05) is 41.9 Å². The number of nitrogens with one attached hydrogen (secondary N) is 1. The summed E-state index contributed by atoms with van der Waals surface area (Å²) in [6.07, 6.45) is 2.50. The first-order chi connectivity index (χ1) is 11.7. The van der Waals surface area contributed by atoms with Crippen molar-refractivity contribution in [1.82, 2.24) is 10.2 Å². The lowest BCUT2D eigenvalue weighted by molar-refractivity contribution is 0.0722. The fraction of sp³-hybridized carbons (Fsp3) is 0.316. The molecule has 5 heteroatoms. The molecular formula is C19H20ClN3O. The number of nitrogens with zero attached hydrogens (tertiary/aromatic N) is 2. The predicted octanol–water partition coefficient (Wildman–Crippen LogP) is 3.47. The normalized spacial score (nSPS) is 20.4. The monoisotopic (exact) mass is 341 g/mol. The third-order valence-electron chi connectivity index (χ3n) is 4.74. The van der Waals surface area contributed by atoms with Crippen LogP contribution < -0.4 is 10.2 Å². The lowest BCUT2D eigenvalue weighted by Crippen LogP contribution is -2.53. The van der Waals surface area contributed by atoms with E-state index in [4.69, 9.17) is 11.6 Å². The smallest absolute Gasteiger partial charge is 0.257 e. The van der Waals surface area contributed by atoms with Gasteiger partial charge in [0.1, 0.15) is 0 Å². The molecule has 2 aromatic carbocycles. The van der Waals surface area contributed by atoms with Gasteiger partial charge in [0.15, 0.2) is 0 Å². The van der Waals surface area contributed by atoms with Gasteiger partial charge in [0.05, 0.1) is 24.1 Å². The number of anilines is 1. The zero-order chi connectivity index (χ0) is 16.5. The topological polar surface area (TPSA) is 35.6 Å². The van der Waals surface area contributed by atoms with Gasteiger partial charge >= 0.3 is 0 Å². The molecule has 1 atom stereocenters. The maximum atomic E-state index is 12.9. The van der Waals surface area contributed by atoms with Crippen molar-refractivity contribution in [3.8, 4) is 0 Å². The first kappa shape index (κ1) is 15.5. The third kappa shape index (κ3) is 2.87. The van der Waals surface area contributed by atoms with Crippen molar-refractivity contribution in [3.63, 3.8) is 0 Å². The van der Waals surface area contributed by atoms with Crippen LogP contribution in [0.25, 0.3) is 0 Å². The number of fused-ring (bicyclic) bond motifs is 1. The highest BCUT2D eigenvalue weighted by Crippen LogP contribution is 2.33. The van der Waals surface area contributed by atoms with Gasteiger partial charge in [-0.2, -0.15) is 0 Å². The Balaban J connectivity index is 1.68. The average molecular weight is 342 g/mol. The summed E-state index contributed by atoms with van der Waals surface area (Å²) in [7, 11) is 0. The van der Waals surface area contributed by atoms with E-state index in [2.05, 4.69) is 22.3 Å². The molecule has 0 spiro atoms. The Morgan fingerprint density at radius 1 is 1.17 bits per heavy atom. The first-order valence-corrected chi connectivity index (χ1v) is 8.73. The molecule has 2 aromatic rings. The summed E-state index contributed by atoms with van der Waals surface area (Å²) < 4.78 is 0. The quantitative estimate of drug-likeness (QED) is 0.928. The minimum atomic E-state index is 0.0692. The molecule has 1 fully saturated rings. The van der Waals surface area contributed by atoms with Gasteiger partial charge in [0.2, 0.25) is 0 Å². The first-order valence-electron chi connectivity index (χ1n) is 8.35. The van der Waals surface area contributed by atoms with Crippen LogP contribution in [0.3, 0.4) is 0 Å². The maximum absolute atomic E-state index is 12.9. The number of amides is 1. The number of carbonyl (C=O) groups excluding carboxylic acids is 1. The minimum Gasteiger partial charge on any atom is -0.337 e. The van der Waals surface area contributed by atoms with Crippen LogP contribution in [-0.2, 0) is 6.54 Å². The Morgan fingerprint density at radius 3 is 2.75 bits per heavy atom. The van der Waals surface area contributed by atoms with Crippen LogP contribution in [0.2, 0.25) is 5.02 Å². The minimum absolute atomic E-state index is 0.0692. The van der Waals surface area contributed by atoms with Crippen molar-refractivity contribution in [3.05, 3.63) is 64.7 Å². The van der Waals surface area contributed by atoms with Gasteiger partial charge in [0, 0.05) is 11.6 Å². The summed E-state index contributed by atoms with van der Waals surface area (Å²) in [5, 5.41) is 4.20. The number of halogens is 1. The molecule has 4 nitrogen and oxygen atoms in total. The summed E-state index contributed by atoms with van der Waals surface area (Å²) >= 11 is 6.19. The van der Waals surface area contributed by atoms with Crippen molar-refractivity contribution in [2.24, 2.45) is 0 Å². The van der Waals surface area contributed by atoms with E-state index in [-0.39, 0.29) is 12.1 Å². The van der Waals surface area contributed by atoms with Crippen LogP contribution in [0.5, 0.6) is 0 Å². The molecular weight excluding hydrogens is 322 g/mol. The van der Waals surface area contributed by atoms with E-state index in [1.54, 1.807) is 6.07 Å². The predicted molar refractivity (Wildman–Crippen MR) is 96.1 cm³/mol. The molecule has 0 saturated carbocycles. The number of carbonyl (C=O) groups is 1. The van der Waals surface area contributed by atoms with Gasteiger partial charge in [-0.3, -0.25) is 10.1 Å². The Morgan fingerprint density at radius 2 is 2.00 bits per heavy atom. The van der Waals surface area contributed by atoms with Crippen LogP contribution in [-0.4, -0.2) is 30.2 Å². The van der Waals surface area contributed by atoms with Gasteiger partial charge in [-0.15, -0.1) is 0 Å². The van der Waals surface area contributed by atoms with E-state index >= 15 is 0 Å². The Labute approximate surface area is 147 Å². The molecule has 2 heterocycles. The van der Waals surface area contributed by atoms with Crippen LogP contribution in [0.15, 0.2) is 48.5 Å². The highest BCUT2D eigenvalue weighted by molar-refractivity contribution is 6.31. The maximum Gasteiger partial charge on any atom is 0.257 e. The van der Waals surface area contributed by atoms with Gasteiger partial charge < -0.3 is 9.80 Å². The fourth-order valence-electron chi connectivity index (χ4n) is 3.54. The molecule has 0 aliphatic carbocycles. The summed E-state index contributed by atoms with van der Waals surface area (Å²) in [5.41, 5.74) is 2.81. The van der Waals surface area contributed by atoms with Gasteiger partial charge in [-0.05, 0) is 43.1 Å². The van der Waals surface area contributed by atoms with Crippen molar-refractivity contribution < 1.29 is 4.79 Å². The van der Waals surface area contributed by atoms with Gasteiger partial charge in [0.25, 0.3) is 5.91 Å². The number of hydrogen-bond donors (Lipinski definition) is 1. The molecule has 4 rings (SSSR count). The van der Waals surface area contributed by atoms with E-state index in [1.807, 2.05) is 35.2 Å². The molecule has 0 aromatic heterocycles. The molecule has 1 amide bonds. The highest BCUT2D eigenvalue weighted by atomic mass is 35.5. The van der Waals surface area contributed by atoms with Crippen LogP contribution in [0.4, 0.5) is 5.69 Å². The van der Waals surface area contributed by atoms with Crippen LogP contribution in [0.1, 0.15) is 28.8 Å². The van der Waals surface area contributed by atoms with E-state index in [0.29, 0.717) is 18.2 Å². The molecule has 1 N–H and O–H groups in total. The third-order valence-corrected chi connectivity index (χ3v) is 4.97. The second kappa shape index (κ2) is 6.46. The van der Waals surface area contributed by atoms with Crippen molar-refractivity contribution in [2.45, 2.75) is 25.6 Å². The molecule has 124 valence electrons. The summed E-state index contributed by atoms with van der Waals surface area (Å²) in [4.78, 5) is 17.1. The summed E-state index contributed by atoms with van der Waals surface area (Å²) in [6, 6.07) is 15.7. The standard InChI is InChI=1S/C19H20ClN3O/c20-15-8-9-16-17(11-15)23(18-7-4-10-21-18)13-22(19(16)24)12-14-5-2-1-3-6-14/h1-3,5-6,8-9,11,18,21H,4,7,10,12-13H2. The lowest BCUT2D eigenvalue weighted by Gasteiger charge is -2.41. The van der Waals surface area contributed by atoms with E-state index in [0.717, 1.165) is 36.2 Å². The number of hydrogen-bond acceptors (Lipinski definition) is 3. The van der Waals surface area contributed by atoms with Crippen LogP contribution in [0, 0.1) is 0 Å². The number of benzene rings is 2. The zero-order valence-electron chi connectivity index (χ0n) is 13.4. The molecule has 0 radical (unpaired) electrons. The Bertz CT molecular complexity index is 744. The zero-order valence-corrected chi connectivity index (χ0v) is 14.2. The van der Waals surface area contributed by atoms with E-state index in [9.17, 15) is 4.79 Å². The van der Waals surface area contributed by atoms with E-state index in [1.165, 1.54) is 0 Å². The lowest BCUT2D eigenvalue weighted by atomic mass is 10.1. The fourth-order valence-corrected chi connectivity index (χ4v) is 3.71. The summed E-state index contributed by atoms with van der Waals surface area (Å²) in [5.74, 6) is 0.0692. The number of rotatable bonds is 3. The van der Waals surface area contributed by atoms with Gasteiger partial charge in [-0.25, -0.2) is 0 Å². The van der Waals surface area contributed by atoms with Crippen molar-refractivity contribution in [1.29, 1.82) is 0 Å². The van der Waals surface area contributed by atoms with Crippen LogP contribution >= 0.6 is 11.6 Å².